The third kappa shape index (κ3) is 2.51. The molecular formula is C10H8F2N2O2. The van der Waals surface area contributed by atoms with Crippen molar-refractivity contribution >= 4 is 5.97 Å². The predicted molar refractivity (Wildman–Crippen MR) is 50.0 cm³/mol. The molecule has 4 nitrogen and oxygen atoms in total. The number of halogens is 2. The van der Waals surface area contributed by atoms with Crippen LogP contribution in [0, 0.1) is 18.3 Å². The average Bonchev–Trinajstić information content (AvgIpc) is 2.19. The molecule has 6 heteroatoms. The Morgan fingerprint density at radius 2 is 2.31 bits per heavy atom. The van der Waals surface area contributed by atoms with Gasteiger partial charge in [0.05, 0.1) is 12.0 Å². The number of pyridine rings is 1. The van der Waals surface area contributed by atoms with Gasteiger partial charge in [-0.1, -0.05) is 0 Å². The molecule has 0 spiro atoms. The molecule has 0 aliphatic heterocycles. The second kappa shape index (κ2) is 4.66. The number of nitriles is 1. The minimum Gasteiger partial charge on any atom is -0.481 e. The van der Waals surface area contributed by atoms with Crippen molar-refractivity contribution in [3.8, 4) is 6.07 Å². The summed E-state index contributed by atoms with van der Waals surface area (Å²) >= 11 is 0. The van der Waals surface area contributed by atoms with E-state index in [1.807, 2.05) is 0 Å². The zero-order valence-corrected chi connectivity index (χ0v) is 8.37. The highest BCUT2D eigenvalue weighted by molar-refractivity contribution is 5.70. The van der Waals surface area contributed by atoms with E-state index in [1.165, 1.54) is 6.92 Å². The molecule has 0 saturated carbocycles. The molecule has 1 rings (SSSR count). The highest BCUT2D eigenvalue weighted by Gasteiger charge is 2.18. The van der Waals surface area contributed by atoms with Crippen LogP contribution in [0.5, 0.6) is 0 Å². The molecule has 16 heavy (non-hydrogen) atoms. The smallest absolute Gasteiger partial charge is 0.307 e. The zero-order valence-electron chi connectivity index (χ0n) is 8.37. The summed E-state index contributed by atoms with van der Waals surface area (Å²) in [6.07, 6.45) is -3.18. The van der Waals surface area contributed by atoms with Gasteiger partial charge in [0.2, 0.25) is 0 Å². The van der Waals surface area contributed by atoms with Crippen LogP contribution in [-0.2, 0) is 11.2 Å². The summed E-state index contributed by atoms with van der Waals surface area (Å²) in [5, 5.41) is 17.2. The number of aromatic nitrogens is 1. The average molecular weight is 226 g/mol. The molecule has 84 valence electrons. The normalized spacial score (nSPS) is 10.2. The Hall–Kier alpha value is -2.03. The van der Waals surface area contributed by atoms with E-state index < -0.39 is 18.1 Å². The number of nitrogens with zero attached hydrogens (tertiary/aromatic N) is 2. The van der Waals surface area contributed by atoms with E-state index in [2.05, 4.69) is 4.98 Å². The van der Waals surface area contributed by atoms with Gasteiger partial charge in [-0.25, -0.2) is 8.78 Å². The van der Waals surface area contributed by atoms with Gasteiger partial charge in [0.1, 0.15) is 11.8 Å². The lowest BCUT2D eigenvalue weighted by Gasteiger charge is -2.07. The van der Waals surface area contributed by atoms with Crippen molar-refractivity contribution in [1.82, 2.24) is 4.98 Å². The second-order valence-corrected chi connectivity index (χ2v) is 3.15. The summed E-state index contributed by atoms with van der Waals surface area (Å²) in [4.78, 5) is 14.0. The molecule has 0 radical (unpaired) electrons. The minimum atomic E-state index is -2.84. The first-order valence-corrected chi connectivity index (χ1v) is 4.36. The van der Waals surface area contributed by atoms with Crippen LogP contribution in [-0.4, -0.2) is 16.1 Å². The van der Waals surface area contributed by atoms with Crippen LogP contribution in [0.1, 0.15) is 28.9 Å². The van der Waals surface area contributed by atoms with Gasteiger partial charge in [-0.05, 0) is 18.6 Å². The molecule has 0 saturated heterocycles. The molecule has 0 aliphatic rings. The van der Waals surface area contributed by atoms with Gasteiger partial charge in [0.25, 0.3) is 6.43 Å². The van der Waals surface area contributed by atoms with Gasteiger partial charge in [-0.15, -0.1) is 0 Å². The number of aryl methyl sites for hydroxylation is 1. The first kappa shape index (κ1) is 12.0. The Balaban J connectivity index is 3.27. The number of carbonyl (C=O) groups is 1. The van der Waals surface area contributed by atoms with E-state index >= 15 is 0 Å². The van der Waals surface area contributed by atoms with E-state index in [9.17, 15) is 13.6 Å². The molecule has 0 aliphatic carbocycles. The number of carboxylic acids is 1. The number of rotatable bonds is 3. The van der Waals surface area contributed by atoms with Crippen molar-refractivity contribution in [2.75, 3.05) is 0 Å². The molecule has 0 unspecified atom stereocenters. The number of alkyl halides is 2. The Bertz CT molecular complexity index is 467. The van der Waals surface area contributed by atoms with Gasteiger partial charge in [-0.3, -0.25) is 9.78 Å². The summed E-state index contributed by atoms with van der Waals surface area (Å²) in [5.74, 6) is -1.10. The third-order valence-electron chi connectivity index (χ3n) is 2.02. The van der Waals surface area contributed by atoms with E-state index in [0.29, 0.717) is 0 Å². The topological polar surface area (TPSA) is 74.0 Å². The largest absolute Gasteiger partial charge is 0.481 e. The van der Waals surface area contributed by atoms with Crippen molar-refractivity contribution in [3.63, 3.8) is 0 Å². The van der Waals surface area contributed by atoms with Crippen molar-refractivity contribution < 1.29 is 18.7 Å². The maximum absolute atomic E-state index is 12.5. The summed E-state index contributed by atoms with van der Waals surface area (Å²) in [5.41, 5.74) is -0.406. The SMILES string of the molecule is Cc1nc(C(F)F)c(C#N)cc1CC(=O)O. The predicted octanol–water partition coefficient (Wildman–Crippen LogP) is 1.83. The summed E-state index contributed by atoms with van der Waals surface area (Å²) in [6, 6.07) is 2.73. The number of hydrogen-bond acceptors (Lipinski definition) is 3. The van der Waals surface area contributed by atoms with Gasteiger partial charge in [-0.2, -0.15) is 5.26 Å². The first-order valence-electron chi connectivity index (χ1n) is 4.36. The fraction of sp³-hybridized carbons (Fsp3) is 0.300. The van der Waals surface area contributed by atoms with Crippen LogP contribution in [0.4, 0.5) is 8.78 Å². The third-order valence-corrected chi connectivity index (χ3v) is 2.02. The lowest BCUT2D eigenvalue weighted by molar-refractivity contribution is -0.136. The minimum absolute atomic E-state index is 0.205. The molecule has 0 bridgehead atoms. The molecular weight excluding hydrogens is 218 g/mol. The summed E-state index contributed by atoms with van der Waals surface area (Å²) in [6.45, 7) is 1.44. The number of hydrogen-bond donors (Lipinski definition) is 1. The first-order chi connectivity index (χ1) is 7.45. The molecule has 1 N–H and O–H groups in total. The van der Waals surface area contributed by atoms with E-state index in [1.54, 1.807) is 6.07 Å². The quantitative estimate of drug-likeness (QED) is 0.853. The molecule has 1 heterocycles. The van der Waals surface area contributed by atoms with Gasteiger partial charge in [0, 0.05) is 5.69 Å². The van der Waals surface area contributed by atoms with Crippen LogP contribution in [0.2, 0.25) is 0 Å². The fourth-order valence-electron chi connectivity index (χ4n) is 1.26. The Kier molecular flexibility index (Phi) is 3.51. The van der Waals surface area contributed by atoms with E-state index in [0.717, 1.165) is 6.07 Å². The van der Waals surface area contributed by atoms with Crippen molar-refractivity contribution in [2.24, 2.45) is 0 Å². The van der Waals surface area contributed by atoms with Crippen LogP contribution in [0.3, 0.4) is 0 Å². The Morgan fingerprint density at radius 1 is 1.69 bits per heavy atom. The standard InChI is InChI=1S/C10H8F2N2O2/c1-5-6(3-8(15)16)2-7(4-13)9(14-5)10(11)12/h2,10H,3H2,1H3,(H,15,16). The highest BCUT2D eigenvalue weighted by Crippen LogP contribution is 2.22. The molecule has 0 atom stereocenters. The van der Waals surface area contributed by atoms with Gasteiger partial charge < -0.3 is 5.11 Å². The van der Waals surface area contributed by atoms with Crippen molar-refractivity contribution in [2.45, 2.75) is 19.8 Å². The Labute approximate surface area is 90.2 Å². The van der Waals surface area contributed by atoms with Crippen LogP contribution in [0.25, 0.3) is 0 Å². The second-order valence-electron chi connectivity index (χ2n) is 3.15. The Morgan fingerprint density at radius 3 is 2.75 bits per heavy atom. The molecule has 0 amide bonds. The lowest BCUT2D eigenvalue weighted by atomic mass is 10.1. The number of carboxylic acid groups (broad SMARTS) is 1. The molecule has 0 fully saturated rings. The molecule has 1 aromatic rings. The van der Waals surface area contributed by atoms with E-state index in [-0.39, 0.29) is 23.2 Å². The van der Waals surface area contributed by atoms with E-state index in [4.69, 9.17) is 10.4 Å². The van der Waals surface area contributed by atoms with Crippen molar-refractivity contribution in [3.05, 3.63) is 28.6 Å². The molecule has 0 aromatic carbocycles. The number of aliphatic carboxylic acids is 1. The van der Waals surface area contributed by atoms with Crippen LogP contribution >= 0.6 is 0 Å². The zero-order chi connectivity index (χ0) is 12.3. The van der Waals surface area contributed by atoms with Crippen molar-refractivity contribution in [1.29, 1.82) is 5.26 Å². The summed E-state index contributed by atoms with van der Waals surface area (Å²) in [7, 11) is 0. The van der Waals surface area contributed by atoms with Crippen LogP contribution in [0.15, 0.2) is 6.07 Å². The maximum Gasteiger partial charge on any atom is 0.307 e. The van der Waals surface area contributed by atoms with Gasteiger partial charge >= 0.3 is 5.97 Å². The molecule has 1 aromatic heterocycles. The highest BCUT2D eigenvalue weighted by atomic mass is 19.3. The van der Waals surface area contributed by atoms with Crippen LogP contribution < -0.4 is 0 Å². The maximum atomic E-state index is 12.5. The van der Waals surface area contributed by atoms with Gasteiger partial charge in [0.15, 0.2) is 0 Å². The fourth-order valence-corrected chi connectivity index (χ4v) is 1.26. The monoisotopic (exact) mass is 226 g/mol. The lowest BCUT2D eigenvalue weighted by Crippen LogP contribution is -2.07. The summed E-state index contributed by atoms with van der Waals surface area (Å²) < 4.78 is 24.9.